The predicted octanol–water partition coefficient (Wildman–Crippen LogP) is 2.17. The molecule has 1 amide bonds. The van der Waals surface area contributed by atoms with Crippen LogP contribution in [0.5, 0.6) is 0 Å². The van der Waals surface area contributed by atoms with Crippen molar-refractivity contribution in [3.05, 3.63) is 54.6 Å². The SMILES string of the molecule is Cc1cc(C)c(CNC(=O)c2csc(CCN3CCOCC3)c2C)c(=O)[nH]1. The van der Waals surface area contributed by atoms with Gasteiger partial charge in [0.15, 0.2) is 0 Å². The molecule has 3 heterocycles. The van der Waals surface area contributed by atoms with E-state index in [1.54, 1.807) is 11.3 Å². The molecule has 0 bridgehead atoms. The highest BCUT2D eigenvalue weighted by molar-refractivity contribution is 7.10. The molecule has 0 atom stereocenters. The molecule has 1 aliphatic heterocycles. The molecule has 2 aromatic heterocycles. The highest BCUT2D eigenvalue weighted by atomic mass is 32.1. The second-order valence-corrected chi connectivity index (χ2v) is 7.99. The molecule has 1 fully saturated rings. The van der Waals surface area contributed by atoms with E-state index in [4.69, 9.17) is 4.74 Å². The lowest BCUT2D eigenvalue weighted by atomic mass is 10.1. The van der Waals surface area contributed by atoms with E-state index in [0.717, 1.165) is 56.1 Å². The molecule has 0 aliphatic carbocycles. The van der Waals surface area contributed by atoms with Crippen LogP contribution in [0.1, 0.15) is 37.6 Å². The number of hydrogen-bond donors (Lipinski definition) is 2. The minimum absolute atomic E-state index is 0.124. The van der Waals surface area contributed by atoms with Gasteiger partial charge in [0, 0.05) is 47.7 Å². The number of ether oxygens (including phenoxy) is 1. The van der Waals surface area contributed by atoms with Crippen LogP contribution in [0.15, 0.2) is 16.2 Å². The van der Waals surface area contributed by atoms with E-state index in [0.29, 0.717) is 11.1 Å². The summed E-state index contributed by atoms with van der Waals surface area (Å²) in [5, 5.41) is 4.82. The number of hydrogen-bond acceptors (Lipinski definition) is 5. The number of nitrogens with zero attached hydrogens (tertiary/aromatic N) is 1. The number of H-pyrrole nitrogens is 1. The molecular weight excluding hydrogens is 362 g/mol. The van der Waals surface area contributed by atoms with Gasteiger partial charge in [-0.25, -0.2) is 0 Å². The fraction of sp³-hybridized carbons (Fsp3) is 0.500. The van der Waals surface area contributed by atoms with Crippen LogP contribution in [0.25, 0.3) is 0 Å². The molecule has 1 aliphatic rings. The van der Waals surface area contributed by atoms with Crippen LogP contribution in [0.3, 0.4) is 0 Å². The van der Waals surface area contributed by atoms with E-state index in [-0.39, 0.29) is 18.0 Å². The predicted molar refractivity (Wildman–Crippen MR) is 108 cm³/mol. The van der Waals surface area contributed by atoms with Gasteiger partial charge in [-0.15, -0.1) is 11.3 Å². The average Bonchev–Trinajstić information content (AvgIpc) is 3.00. The van der Waals surface area contributed by atoms with E-state index in [1.807, 2.05) is 32.2 Å². The lowest BCUT2D eigenvalue weighted by molar-refractivity contribution is 0.0385. The lowest BCUT2D eigenvalue weighted by Crippen LogP contribution is -2.37. The largest absolute Gasteiger partial charge is 0.379 e. The minimum atomic E-state index is -0.138. The number of aryl methyl sites for hydroxylation is 2. The van der Waals surface area contributed by atoms with Gasteiger partial charge in [-0.1, -0.05) is 0 Å². The number of carbonyl (C=O) groups excluding carboxylic acids is 1. The number of aromatic amines is 1. The van der Waals surface area contributed by atoms with Gasteiger partial charge in [-0.05, 0) is 44.4 Å². The van der Waals surface area contributed by atoms with E-state index in [2.05, 4.69) is 15.2 Å². The summed E-state index contributed by atoms with van der Waals surface area (Å²) in [6.45, 7) is 10.5. The Kier molecular flexibility index (Phi) is 6.46. The second-order valence-electron chi connectivity index (χ2n) is 7.03. The maximum atomic E-state index is 12.6. The molecule has 146 valence electrons. The summed E-state index contributed by atoms with van der Waals surface area (Å²) in [5.41, 5.74) is 3.94. The number of rotatable bonds is 6. The Balaban J connectivity index is 1.60. The number of carbonyl (C=O) groups is 1. The standard InChI is InChI=1S/C20H27N3O3S/c1-13-10-14(2)22-20(25)16(13)11-21-19(24)17-12-27-18(15(17)3)4-5-23-6-8-26-9-7-23/h10,12H,4-9,11H2,1-3H3,(H,21,24)(H,22,25). The number of nitrogens with one attached hydrogen (secondary N) is 2. The van der Waals surface area contributed by atoms with E-state index >= 15 is 0 Å². The third-order valence-electron chi connectivity index (χ3n) is 5.06. The highest BCUT2D eigenvalue weighted by Gasteiger charge is 2.17. The van der Waals surface area contributed by atoms with E-state index < -0.39 is 0 Å². The van der Waals surface area contributed by atoms with Crippen molar-refractivity contribution < 1.29 is 9.53 Å². The van der Waals surface area contributed by atoms with E-state index in [9.17, 15) is 9.59 Å². The molecule has 0 aromatic carbocycles. The van der Waals surface area contributed by atoms with Gasteiger partial charge in [0.1, 0.15) is 0 Å². The Labute approximate surface area is 163 Å². The molecule has 3 rings (SSSR count). The first-order chi connectivity index (χ1) is 13.0. The van der Waals surface area contributed by atoms with Crippen molar-refractivity contribution in [1.29, 1.82) is 0 Å². The number of amides is 1. The monoisotopic (exact) mass is 389 g/mol. The number of pyridine rings is 1. The lowest BCUT2D eigenvalue weighted by Gasteiger charge is -2.26. The number of morpholine rings is 1. The van der Waals surface area contributed by atoms with Gasteiger partial charge in [-0.2, -0.15) is 0 Å². The first kappa shape index (κ1) is 19.8. The maximum absolute atomic E-state index is 12.6. The summed E-state index contributed by atoms with van der Waals surface area (Å²) < 4.78 is 5.38. The van der Waals surface area contributed by atoms with Crippen LogP contribution >= 0.6 is 11.3 Å². The first-order valence-electron chi connectivity index (χ1n) is 9.30. The molecule has 1 saturated heterocycles. The second kappa shape index (κ2) is 8.82. The maximum Gasteiger partial charge on any atom is 0.253 e. The molecule has 2 N–H and O–H groups in total. The van der Waals surface area contributed by atoms with Crippen molar-refractivity contribution in [2.24, 2.45) is 0 Å². The van der Waals surface area contributed by atoms with Crippen molar-refractivity contribution in [2.45, 2.75) is 33.7 Å². The normalized spacial score (nSPS) is 15.1. The van der Waals surface area contributed by atoms with Crippen LogP contribution < -0.4 is 10.9 Å². The van der Waals surface area contributed by atoms with Crippen molar-refractivity contribution in [3.63, 3.8) is 0 Å². The summed E-state index contributed by atoms with van der Waals surface area (Å²) in [5.74, 6) is -0.124. The van der Waals surface area contributed by atoms with Crippen LogP contribution in [0.4, 0.5) is 0 Å². The van der Waals surface area contributed by atoms with Crippen molar-refractivity contribution >= 4 is 17.2 Å². The molecule has 0 radical (unpaired) electrons. The smallest absolute Gasteiger partial charge is 0.253 e. The summed E-state index contributed by atoms with van der Waals surface area (Å²) in [4.78, 5) is 31.1. The quantitative estimate of drug-likeness (QED) is 0.794. The van der Waals surface area contributed by atoms with Crippen molar-refractivity contribution in [2.75, 3.05) is 32.8 Å². The first-order valence-corrected chi connectivity index (χ1v) is 10.2. The van der Waals surface area contributed by atoms with Crippen molar-refractivity contribution in [1.82, 2.24) is 15.2 Å². The van der Waals surface area contributed by atoms with Gasteiger partial charge >= 0.3 is 0 Å². The minimum Gasteiger partial charge on any atom is -0.379 e. The summed E-state index contributed by atoms with van der Waals surface area (Å²) in [7, 11) is 0. The van der Waals surface area contributed by atoms with Crippen LogP contribution in [0.2, 0.25) is 0 Å². The molecule has 0 spiro atoms. The highest BCUT2D eigenvalue weighted by Crippen LogP contribution is 2.23. The molecule has 7 heteroatoms. The molecule has 2 aromatic rings. The fourth-order valence-corrected chi connectivity index (χ4v) is 4.42. The summed E-state index contributed by atoms with van der Waals surface area (Å²) in [6, 6.07) is 1.92. The molecule has 0 unspecified atom stereocenters. The zero-order valence-corrected chi connectivity index (χ0v) is 17.0. The fourth-order valence-electron chi connectivity index (χ4n) is 3.38. The van der Waals surface area contributed by atoms with Gasteiger partial charge in [0.2, 0.25) is 0 Å². The van der Waals surface area contributed by atoms with Crippen LogP contribution in [-0.4, -0.2) is 48.6 Å². The summed E-state index contributed by atoms with van der Waals surface area (Å²) >= 11 is 1.64. The van der Waals surface area contributed by atoms with E-state index in [1.165, 1.54) is 4.88 Å². The van der Waals surface area contributed by atoms with Gasteiger partial charge in [0.25, 0.3) is 11.5 Å². The third-order valence-corrected chi connectivity index (χ3v) is 6.21. The third kappa shape index (κ3) is 4.86. The van der Waals surface area contributed by atoms with Crippen LogP contribution in [-0.2, 0) is 17.7 Å². The Morgan fingerprint density at radius 1 is 1.30 bits per heavy atom. The number of thiophene rings is 1. The molecule has 27 heavy (non-hydrogen) atoms. The molecule has 0 saturated carbocycles. The van der Waals surface area contributed by atoms with Gasteiger partial charge in [0.05, 0.1) is 18.8 Å². The zero-order valence-electron chi connectivity index (χ0n) is 16.2. The topological polar surface area (TPSA) is 74.4 Å². The Hall–Kier alpha value is -1.96. The summed E-state index contributed by atoms with van der Waals surface area (Å²) in [6.07, 6.45) is 0.945. The zero-order chi connectivity index (χ0) is 19.4. The Morgan fingerprint density at radius 2 is 2.04 bits per heavy atom. The Morgan fingerprint density at radius 3 is 2.74 bits per heavy atom. The average molecular weight is 390 g/mol. The van der Waals surface area contributed by atoms with Gasteiger partial charge in [-0.3, -0.25) is 14.5 Å². The van der Waals surface area contributed by atoms with Crippen LogP contribution in [0, 0.1) is 20.8 Å². The Bertz CT molecular complexity index is 866. The molecule has 6 nitrogen and oxygen atoms in total. The molecular formula is C20H27N3O3S. The van der Waals surface area contributed by atoms with Crippen molar-refractivity contribution in [3.8, 4) is 0 Å². The number of aromatic nitrogens is 1. The van der Waals surface area contributed by atoms with Gasteiger partial charge < -0.3 is 15.0 Å².